The minimum Gasteiger partial charge on any atom is -0.495 e. The molecule has 0 bridgehead atoms. The van der Waals surface area contributed by atoms with Gasteiger partial charge in [-0.1, -0.05) is 47.6 Å². The molecule has 2 aliphatic heterocycles. The Morgan fingerprint density at radius 1 is 1.21 bits per heavy atom. The fourth-order valence-electron chi connectivity index (χ4n) is 3.60. The number of carbonyl (C=O) groups excluding carboxylic acids is 1. The summed E-state index contributed by atoms with van der Waals surface area (Å²) in [6.45, 7) is 0. The summed E-state index contributed by atoms with van der Waals surface area (Å²) >= 11 is 7.24. The quantitative estimate of drug-likeness (QED) is 0.712. The van der Waals surface area contributed by atoms with E-state index in [1.54, 1.807) is 31.4 Å². The van der Waals surface area contributed by atoms with E-state index in [-0.39, 0.29) is 35.1 Å². The molecule has 2 unspecified atom stereocenters. The average Bonchev–Trinajstić information content (AvgIpc) is 3.14. The monoisotopic (exact) mass is 450 g/mol. The van der Waals surface area contributed by atoms with Crippen LogP contribution in [-0.2, 0) is 21.1 Å². The predicted molar refractivity (Wildman–Crippen MR) is 117 cm³/mol. The van der Waals surface area contributed by atoms with E-state index in [0.717, 1.165) is 5.56 Å². The minimum atomic E-state index is -3.13. The Labute approximate surface area is 178 Å². The topological polar surface area (TPSA) is 76.0 Å². The number of ether oxygens (including phenoxy) is 1. The number of para-hydroxylation sites is 2. The van der Waals surface area contributed by atoms with Crippen molar-refractivity contribution in [2.24, 2.45) is 4.99 Å². The first kappa shape index (κ1) is 20.3. The molecule has 152 valence electrons. The smallest absolute Gasteiger partial charge is 0.252 e. The summed E-state index contributed by atoms with van der Waals surface area (Å²) in [4.78, 5) is 18.8. The van der Waals surface area contributed by atoms with Crippen LogP contribution in [0.5, 0.6) is 5.75 Å². The highest BCUT2D eigenvalue weighted by Gasteiger charge is 2.50. The Morgan fingerprint density at radius 3 is 2.66 bits per heavy atom. The van der Waals surface area contributed by atoms with Gasteiger partial charge in [0.05, 0.1) is 36.8 Å². The molecule has 2 heterocycles. The number of amides is 1. The second-order valence-corrected chi connectivity index (χ2v) is 10.7. The number of benzene rings is 2. The number of sulfone groups is 1. The van der Waals surface area contributed by atoms with Gasteiger partial charge in [-0.2, -0.15) is 4.99 Å². The second-order valence-electron chi connectivity index (χ2n) is 6.93. The maximum Gasteiger partial charge on any atom is 0.252 e. The van der Waals surface area contributed by atoms with Crippen LogP contribution in [0.15, 0.2) is 53.5 Å². The van der Waals surface area contributed by atoms with Crippen LogP contribution >= 0.6 is 23.4 Å². The lowest BCUT2D eigenvalue weighted by molar-refractivity contribution is -0.117. The standard InChI is InChI=1S/C20H19ClN2O4S2/c1-27-17-5-3-2-4-15(17)23-16-11-29(25,26)12-18(16)28-20(23)22-19(24)10-13-6-8-14(21)9-7-13/h2-9,16,18H,10-12H2,1H3. The van der Waals surface area contributed by atoms with Crippen molar-refractivity contribution in [3.8, 4) is 5.75 Å². The van der Waals surface area contributed by atoms with Gasteiger partial charge in [0.1, 0.15) is 5.75 Å². The number of hydrogen-bond acceptors (Lipinski definition) is 5. The zero-order valence-electron chi connectivity index (χ0n) is 15.6. The number of hydrogen-bond donors (Lipinski definition) is 0. The molecule has 2 aromatic rings. The van der Waals surface area contributed by atoms with E-state index in [1.165, 1.54) is 11.8 Å². The minimum absolute atomic E-state index is 0.0348. The van der Waals surface area contributed by atoms with Gasteiger partial charge in [-0.25, -0.2) is 8.42 Å². The number of anilines is 1. The lowest BCUT2D eigenvalue weighted by atomic mass is 10.1. The van der Waals surface area contributed by atoms with Crippen molar-refractivity contribution in [2.45, 2.75) is 17.7 Å². The zero-order valence-corrected chi connectivity index (χ0v) is 18.0. The molecule has 0 aromatic heterocycles. The first-order chi connectivity index (χ1) is 13.9. The highest BCUT2D eigenvalue weighted by Crippen LogP contribution is 2.43. The fourth-order valence-corrected chi connectivity index (χ4v) is 7.65. The van der Waals surface area contributed by atoms with Crippen molar-refractivity contribution in [2.75, 3.05) is 23.5 Å². The molecule has 1 amide bonds. The van der Waals surface area contributed by atoms with Gasteiger partial charge in [0.25, 0.3) is 5.91 Å². The first-order valence-corrected chi connectivity index (χ1v) is 12.1. The number of nitrogens with zero attached hydrogens (tertiary/aromatic N) is 2. The maximum atomic E-state index is 12.6. The van der Waals surface area contributed by atoms with Crippen molar-refractivity contribution in [1.29, 1.82) is 0 Å². The van der Waals surface area contributed by atoms with Crippen LogP contribution < -0.4 is 9.64 Å². The largest absolute Gasteiger partial charge is 0.495 e. The number of rotatable bonds is 4. The van der Waals surface area contributed by atoms with Crippen molar-refractivity contribution in [3.05, 3.63) is 59.1 Å². The number of fused-ring (bicyclic) bond motifs is 1. The third-order valence-electron chi connectivity index (χ3n) is 4.90. The molecule has 0 saturated carbocycles. The lowest BCUT2D eigenvalue weighted by Crippen LogP contribution is -2.38. The number of aliphatic imine (C=N–C) groups is 1. The summed E-state index contributed by atoms with van der Waals surface area (Å²) < 4.78 is 29.8. The van der Waals surface area contributed by atoms with E-state index >= 15 is 0 Å². The summed E-state index contributed by atoms with van der Waals surface area (Å²) in [7, 11) is -1.56. The van der Waals surface area contributed by atoms with E-state index in [0.29, 0.717) is 21.6 Å². The molecule has 2 aromatic carbocycles. The predicted octanol–water partition coefficient (Wildman–Crippen LogP) is 3.19. The van der Waals surface area contributed by atoms with Gasteiger partial charge >= 0.3 is 0 Å². The highest BCUT2D eigenvalue weighted by molar-refractivity contribution is 8.16. The maximum absolute atomic E-state index is 12.6. The summed E-state index contributed by atoms with van der Waals surface area (Å²) in [5, 5.41) is 0.959. The molecule has 0 aliphatic carbocycles. The fraction of sp³-hybridized carbons (Fsp3) is 0.300. The molecule has 0 radical (unpaired) electrons. The molecule has 2 fully saturated rings. The van der Waals surface area contributed by atoms with E-state index in [1.807, 2.05) is 29.2 Å². The van der Waals surface area contributed by atoms with E-state index in [9.17, 15) is 13.2 Å². The van der Waals surface area contributed by atoms with Crippen LogP contribution in [0.25, 0.3) is 0 Å². The Hall–Kier alpha value is -2.03. The van der Waals surface area contributed by atoms with Gasteiger partial charge in [-0.05, 0) is 29.8 Å². The van der Waals surface area contributed by atoms with Crippen molar-refractivity contribution >= 4 is 50.0 Å². The zero-order chi connectivity index (χ0) is 20.6. The molecule has 0 spiro atoms. The Kier molecular flexibility index (Phi) is 5.59. The molecular weight excluding hydrogens is 432 g/mol. The number of thioether (sulfide) groups is 1. The van der Waals surface area contributed by atoms with Gasteiger partial charge in [0, 0.05) is 10.3 Å². The third kappa shape index (κ3) is 4.29. The molecule has 9 heteroatoms. The van der Waals surface area contributed by atoms with Crippen LogP contribution in [0.1, 0.15) is 5.56 Å². The molecule has 2 aliphatic rings. The number of carbonyl (C=O) groups is 1. The number of methoxy groups -OCH3 is 1. The van der Waals surface area contributed by atoms with Gasteiger partial charge in [0.2, 0.25) is 0 Å². The average molecular weight is 451 g/mol. The van der Waals surface area contributed by atoms with Gasteiger partial charge < -0.3 is 9.64 Å². The van der Waals surface area contributed by atoms with Crippen LogP contribution in [0.2, 0.25) is 5.02 Å². The summed E-state index contributed by atoms with van der Waals surface area (Å²) in [5.41, 5.74) is 1.53. The van der Waals surface area contributed by atoms with E-state index in [2.05, 4.69) is 4.99 Å². The normalized spacial score (nSPS) is 23.9. The highest BCUT2D eigenvalue weighted by atomic mass is 35.5. The SMILES string of the molecule is COc1ccccc1N1C(=NC(=O)Cc2ccc(Cl)cc2)SC2CS(=O)(=O)CC21. The second kappa shape index (κ2) is 8.01. The lowest BCUT2D eigenvalue weighted by Gasteiger charge is -2.26. The van der Waals surface area contributed by atoms with Gasteiger partial charge in [-0.15, -0.1) is 0 Å². The van der Waals surface area contributed by atoms with Crippen LogP contribution in [0.3, 0.4) is 0 Å². The molecule has 0 N–H and O–H groups in total. The summed E-state index contributed by atoms with van der Waals surface area (Å²) in [6.07, 6.45) is 0.147. The molecule has 2 atom stereocenters. The molecule has 29 heavy (non-hydrogen) atoms. The Bertz CT molecular complexity index is 1070. The third-order valence-corrected chi connectivity index (χ3v) is 8.36. The van der Waals surface area contributed by atoms with Crippen molar-refractivity contribution in [3.63, 3.8) is 0 Å². The first-order valence-electron chi connectivity index (χ1n) is 9.01. The van der Waals surface area contributed by atoms with Crippen molar-refractivity contribution in [1.82, 2.24) is 0 Å². The molecular formula is C20H19ClN2O4S2. The van der Waals surface area contributed by atoms with Crippen LogP contribution in [0.4, 0.5) is 5.69 Å². The summed E-state index contributed by atoms with van der Waals surface area (Å²) in [5.74, 6) is 0.430. The van der Waals surface area contributed by atoms with Crippen molar-refractivity contribution < 1.29 is 17.9 Å². The molecule has 6 nitrogen and oxygen atoms in total. The van der Waals surface area contributed by atoms with Gasteiger partial charge in [0.15, 0.2) is 15.0 Å². The number of halogens is 1. The number of amidine groups is 1. The van der Waals surface area contributed by atoms with Crippen LogP contribution in [0, 0.1) is 0 Å². The molecule has 2 saturated heterocycles. The van der Waals surface area contributed by atoms with E-state index < -0.39 is 9.84 Å². The molecule has 4 rings (SSSR count). The Morgan fingerprint density at radius 2 is 1.93 bits per heavy atom. The van der Waals surface area contributed by atoms with E-state index in [4.69, 9.17) is 16.3 Å². The van der Waals surface area contributed by atoms with Crippen LogP contribution in [-0.4, -0.2) is 49.4 Å². The summed E-state index contributed by atoms with van der Waals surface area (Å²) in [6, 6.07) is 14.1. The van der Waals surface area contributed by atoms with Gasteiger partial charge in [-0.3, -0.25) is 4.79 Å². The Balaban J connectivity index is 1.66.